The Bertz CT molecular complexity index is 69.3. The maximum atomic E-state index is 9.34. The SMILES string of the molecule is CCC(C)(O)CCCO. The quantitative estimate of drug-likeness (QED) is 0.597. The minimum absolute atomic E-state index is 0.177. The lowest BCUT2D eigenvalue weighted by molar-refractivity contribution is 0.0399. The molecule has 0 aromatic heterocycles. The summed E-state index contributed by atoms with van der Waals surface area (Å²) in [6, 6.07) is 0. The summed E-state index contributed by atoms with van der Waals surface area (Å²) >= 11 is 0. The molecule has 0 aliphatic rings. The van der Waals surface area contributed by atoms with Crippen LogP contribution in [0, 0.1) is 0 Å². The van der Waals surface area contributed by atoms with Crippen LogP contribution in [0.1, 0.15) is 33.1 Å². The van der Waals surface area contributed by atoms with Crippen molar-refractivity contribution >= 4 is 0 Å². The number of aliphatic hydroxyl groups is 2. The van der Waals surface area contributed by atoms with Gasteiger partial charge < -0.3 is 10.2 Å². The number of aliphatic hydroxyl groups excluding tert-OH is 1. The lowest BCUT2D eigenvalue weighted by Crippen LogP contribution is -2.22. The van der Waals surface area contributed by atoms with E-state index in [1.807, 2.05) is 6.92 Å². The maximum absolute atomic E-state index is 9.34. The second kappa shape index (κ2) is 3.85. The summed E-state index contributed by atoms with van der Waals surface area (Å²) < 4.78 is 0. The highest BCUT2D eigenvalue weighted by atomic mass is 16.3. The molecule has 0 aliphatic heterocycles. The Hall–Kier alpha value is -0.0800. The molecule has 0 aromatic carbocycles. The highest BCUT2D eigenvalue weighted by molar-refractivity contribution is 4.68. The van der Waals surface area contributed by atoms with Crippen molar-refractivity contribution < 1.29 is 10.2 Å². The molecule has 56 valence electrons. The van der Waals surface area contributed by atoms with E-state index < -0.39 is 5.60 Å². The van der Waals surface area contributed by atoms with Gasteiger partial charge in [-0.2, -0.15) is 0 Å². The van der Waals surface area contributed by atoms with Crippen molar-refractivity contribution in [1.82, 2.24) is 0 Å². The van der Waals surface area contributed by atoms with Gasteiger partial charge in [0.2, 0.25) is 0 Å². The van der Waals surface area contributed by atoms with Gasteiger partial charge in [-0.1, -0.05) is 6.92 Å². The standard InChI is InChI=1S/C7H16O2/c1-3-7(2,9)5-4-6-8/h8-9H,3-6H2,1-2H3. The smallest absolute Gasteiger partial charge is 0.0618 e. The summed E-state index contributed by atoms with van der Waals surface area (Å²) in [6.45, 7) is 3.91. The minimum Gasteiger partial charge on any atom is -0.396 e. The summed E-state index contributed by atoms with van der Waals surface area (Å²) in [5.74, 6) is 0. The second-order valence-electron chi connectivity index (χ2n) is 2.68. The first kappa shape index (κ1) is 8.92. The summed E-state index contributed by atoms with van der Waals surface area (Å²) in [5, 5.41) is 17.8. The van der Waals surface area contributed by atoms with Crippen molar-refractivity contribution in [3.05, 3.63) is 0 Å². The first-order chi connectivity index (χ1) is 4.12. The van der Waals surface area contributed by atoms with E-state index in [-0.39, 0.29) is 6.61 Å². The fourth-order valence-corrected chi connectivity index (χ4v) is 0.637. The molecule has 2 nitrogen and oxygen atoms in total. The molecule has 0 heterocycles. The van der Waals surface area contributed by atoms with Crippen LogP contribution in [-0.2, 0) is 0 Å². The summed E-state index contributed by atoms with van der Waals surface area (Å²) in [4.78, 5) is 0. The van der Waals surface area contributed by atoms with Gasteiger partial charge in [-0.3, -0.25) is 0 Å². The van der Waals surface area contributed by atoms with E-state index in [9.17, 15) is 5.11 Å². The fraction of sp³-hybridized carbons (Fsp3) is 1.00. The largest absolute Gasteiger partial charge is 0.396 e. The van der Waals surface area contributed by atoms with Gasteiger partial charge in [0.05, 0.1) is 5.60 Å². The molecule has 1 atom stereocenters. The Morgan fingerprint density at radius 3 is 2.33 bits per heavy atom. The minimum atomic E-state index is -0.567. The molecule has 2 N–H and O–H groups in total. The van der Waals surface area contributed by atoms with Crippen LogP contribution >= 0.6 is 0 Å². The van der Waals surface area contributed by atoms with Crippen LogP contribution in [0.2, 0.25) is 0 Å². The van der Waals surface area contributed by atoms with E-state index in [0.29, 0.717) is 12.8 Å². The zero-order valence-electron chi connectivity index (χ0n) is 6.22. The Balaban J connectivity index is 3.33. The molecular formula is C7H16O2. The zero-order valence-corrected chi connectivity index (χ0v) is 6.22. The average molecular weight is 132 g/mol. The average Bonchev–Trinajstić information content (AvgIpc) is 1.84. The molecule has 0 amide bonds. The molecule has 0 fully saturated rings. The summed E-state index contributed by atoms with van der Waals surface area (Å²) in [5.41, 5.74) is -0.567. The van der Waals surface area contributed by atoms with E-state index in [1.54, 1.807) is 6.92 Å². The third-order valence-electron chi connectivity index (χ3n) is 1.64. The Kier molecular flexibility index (Phi) is 3.82. The molecule has 0 spiro atoms. The van der Waals surface area contributed by atoms with Crippen LogP contribution in [0.4, 0.5) is 0 Å². The van der Waals surface area contributed by atoms with Crippen LogP contribution in [0.3, 0.4) is 0 Å². The second-order valence-corrected chi connectivity index (χ2v) is 2.68. The topological polar surface area (TPSA) is 40.5 Å². The molecule has 0 bridgehead atoms. The van der Waals surface area contributed by atoms with Gasteiger partial charge in [-0.05, 0) is 26.2 Å². The predicted octanol–water partition coefficient (Wildman–Crippen LogP) is 0.920. The molecule has 1 unspecified atom stereocenters. The van der Waals surface area contributed by atoms with E-state index in [0.717, 1.165) is 6.42 Å². The van der Waals surface area contributed by atoms with Crippen molar-refractivity contribution in [2.45, 2.75) is 38.7 Å². The fourth-order valence-electron chi connectivity index (χ4n) is 0.637. The molecule has 2 heteroatoms. The maximum Gasteiger partial charge on any atom is 0.0618 e. The number of hydrogen-bond donors (Lipinski definition) is 2. The van der Waals surface area contributed by atoms with Crippen molar-refractivity contribution in [3.8, 4) is 0 Å². The van der Waals surface area contributed by atoms with Gasteiger partial charge in [0.15, 0.2) is 0 Å². The Morgan fingerprint density at radius 2 is 2.00 bits per heavy atom. The monoisotopic (exact) mass is 132 g/mol. The van der Waals surface area contributed by atoms with Gasteiger partial charge in [-0.25, -0.2) is 0 Å². The molecule has 0 saturated carbocycles. The van der Waals surface area contributed by atoms with Crippen LogP contribution in [0.15, 0.2) is 0 Å². The molecule has 0 aromatic rings. The van der Waals surface area contributed by atoms with Crippen LogP contribution in [0.25, 0.3) is 0 Å². The van der Waals surface area contributed by atoms with Crippen molar-refractivity contribution in [2.24, 2.45) is 0 Å². The Labute approximate surface area is 56.5 Å². The summed E-state index contributed by atoms with van der Waals surface area (Å²) in [6.07, 6.45) is 2.15. The van der Waals surface area contributed by atoms with E-state index in [2.05, 4.69) is 0 Å². The molecule has 9 heavy (non-hydrogen) atoms. The van der Waals surface area contributed by atoms with Gasteiger partial charge in [-0.15, -0.1) is 0 Å². The van der Waals surface area contributed by atoms with Crippen molar-refractivity contribution in [3.63, 3.8) is 0 Å². The molecule has 0 saturated heterocycles. The first-order valence-corrected chi connectivity index (χ1v) is 3.45. The third-order valence-corrected chi connectivity index (χ3v) is 1.64. The van der Waals surface area contributed by atoms with Gasteiger partial charge in [0, 0.05) is 6.61 Å². The number of hydrogen-bond acceptors (Lipinski definition) is 2. The van der Waals surface area contributed by atoms with Crippen molar-refractivity contribution in [2.75, 3.05) is 6.61 Å². The third kappa shape index (κ3) is 4.43. The zero-order chi connectivity index (χ0) is 7.33. The predicted molar refractivity (Wildman–Crippen MR) is 37.2 cm³/mol. The van der Waals surface area contributed by atoms with Gasteiger partial charge >= 0.3 is 0 Å². The molecular weight excluding hydrogens is 116 g/mol. The van der Waals surface area contributed by atoms with E-state index in [1.165, 1.54) is 0 Å². The molecule has 0 radical (unpaired) electrons. The highest BCUT2D eigenvalue weighted by Gasteiger charge is 2.15. The van der Waals surface area contributed by atoms with Crippen molar-refractivity contribution in [1.29, 1.82) is 0 Å². The van der Waals surface area contributed by atoms with Crippen LogP contribution < -0.4 is 0 Å². The Morgan fingerprint density at radius 1 is 1.44 bits per heavy atom. The lowest BCUT2D eigenvalue weighted by Gasteiger charge is -2.19. The van der Waals surface area contributed by atoms with Crippen LogP contribution in [0.5, 0.6) is 0 Å². The lowest BCUT2D eigenvalue weighted by atomic mass is 9.98. The first-order valence-electron chi connectivity index (χ1n) is 3.45. The van der Waals surface area contributed by atoms with Crippen LogP contribution in [-0.4, -0.2) is 22.4 Å². The van der Waals surface area contributed by atoms with Gasteiger partial charge in [0.25, 0.3) is 0 Å². The van der Waals surface area contributed by atoms with Gasteiger partial charge in [0.1, 0.15) is 0 Å². The highest BCUT2D eigenvalue weighted by Crippen LogP contribution is 2.14. The van der Waals surface area contributed by atoms with E-state index >= 15 is 0 Å². The molecule has 0 aliphatic carbocycles. The summed E-state index contributed by atoms with van der Waals surface area (Å²) in [7, 11) is 0. The van der Waals surface area contributed by atoms with E-state index in [4.69, 9.17) is 5.11 Å². The number of rotatable bonds is 4. The normalized spacial score (nSPS) is 17.3. The molecule has 0 rings (SSSR count).